The van der Waals surface area contributed by atoms with E-state index in [-0.39, 0.29) is 6.09 Å². The molecule has 2 unspecified atom stereocenters. The Labute approximate surface area is 143 Å². The molecule has 23 heavy (non-hydrogen) atoms. The van der Waals surface area contributed by atoms with Crippen molar-refractivity contribution in [1.29, 1.82) is 0 Å². The van der Waals surface area contributed by atoms with Crippen molar-refractivity contribution >= 4 is 6.09 Å². The van der Waals surface area contributed by atoms with E-state index in [2.05, 4.69) is 38.3 Å². The zero-order chi connectivity index (χ0) is 17.6. The van der Waals surface area contributed by atoms with E-state index in [4.69, 9.17) is 4.74 Å². The van der Waals surface area contributed by atoms with Crippen molar-refractivity contribution in [1.82, 2.24) is 10.6 Å². The molecule has 0 heterocycles. The van der Waals surface area contributed by atoms with Gasteiger partial charge >= 0.3 is 6.09 Å². The highest BCUT2D eigenvalue weighted by atomic mass is 16.6. The minimum Gasteiger partial charge on any atom is -0.444 e. The summed E-state index contributed by atoms with van der Waals surface area (Å²) >= 11 is 0. The number of carbonyl (C=O) groups is 1. The second-order valence-electron chi connectivity index (χ2n) is 8.74. The van der Waals surface area contributed by atoms with E-state index < -0.39 is 5.60 Å². The number of ether oxygens (including phenoxy) is 1. The first-order valence-electron chi connectivity index (χ1n) is 9.30. The normalized spacial score (nSPS) is 22.2. The van der Waals surface area contributed by atoms with Crippen LogP contribution >= 0.6 is 0 Å². The van der Waals surface area contributed by atoms with Crippen LogP contribution in [0.25, 0.3) is 0 Å². The standard InChI is InChI=1S/C19H38N2O2/c1-13(2)16(14(3)4)12-20-17-10-8-9-15(17)11-21-18(22)23-19(5,6)7/h13-17,20H,8-12H2,1-7H3,(H,21,22). The Kier molecular flexibility index (Phi) is 7.85. The van der Waals surface area contributed by atoms with Crippen LogP contribution < -0.4 is 10.6 Å². The smallest absolute Gasteiger partial charge is 0.407 e. The Bertz CT molecular complexity index is 353. The van der Waals surface area contributed by atoms with Crippen molar-refractivity contribution in [2.45, 2.75) is 79.4 Å². The van der Waals surface area contributed by atoms with Crippen LogP contribution in [0.1, 0.15) is 67.7 Å². The number of alkyl carbamates (subject to hydrolysis) is 1. The molecular weight excluding hydrogens is 288 g/mol. The van der Waals surface area contributed by atoms with Crippen LogP contribution in [0.3, 0.4) is 0 Å². The summed E-state index contributed by atoms with van der Waals surface area (Å²) in [6, 6.07) is 0.518. The molecule has 0 spiro atoms. The van der Waals surface area contributed by atoms with E-state index in [1.54, 1.807) is 0 Å². The first-order valence-corrected chi connectivity index (χ1v) is 9.30. The van der Waals surface area contributed by atoms with Gasteiger partial charge in [0, 0.05) is 12.6 Å². The monoisotopic (exact) mass is 326 g/mol. The van der Waals surface area contributed by atoms with Gasteiger partial charge in [0.1, 0.15) is 5.60 Å². The van der Waals surface area contributed by atoms with E-state index in [0.29, 0.717) is 36.3 Å². The second-order valence-corrected chi connectivity index (χ2v) is 8.74. The van der Waals surface area contributed by atoms with Gasteiger partial charge in [-0.3, -0.25) is 0 Å². The summed E-state index contributed by atoms with van der Waals surface area (Å²) in [5.74, 6) is 2.61. The molecule has 2 N–H and O–H groups in total. The van der Waals surface area contributed by atoms with Gasteiger partial charge in [-0.25, -0.2) is 4.79 Å². The van der Waals surface area contributed by atoms with Gasteiger partial charge in [0.15, 0.2) is 0 Å². The lowest BCUT2D eigenvalue weighted by Gasteiger charge is -2.29. The van der Waals surface area contributed by atoms with Crippen molar-refractivity contribution in [3.05, 3.63) is 0 Å². The van der Waals surface area contributed by atoms with Gasteiger partial charge in [0.25, 0.3) is 0 Å². The number of rotatable bonds is 7. The summed E-state index contributed by atoms with van der Waals surface area (Å²) in [7, 11) is 0. The maximum absolute atomic E-state index is 11.8. The lowest BCUT2D eigenvalue weighted by Crippen LogP contribution is -2.43. The Morgan fingerprint density at radius 2 is 1.74 bits per heavy atom. The van der Waals surface area contributed by atoms with Crippen molar-refractivity contribution < 1.29 is 9.53 Å². The van der Waals surface area contributed by atoms with Crippen molar-refractivity contribution in [2.24, 2.45) is 23.7 Å². The molecule has 1 rings (SSSR count). The van der Waals surface area contributed by atoms with Crippen LogP contribution in [0.15, 0.2) is 0 Å². The first kappa shape index (κ1) is 20.3. The summed E-state index contributed by atoms with van der Waals surface area (Å²) < 4.78 is 5.32. The highest BCUT2D eigenvalue weighted by molar-refractivity contribution is 5.67. The van der Waals surface area contributed by atoms with Crippen LogP contribution in [-0.2, 0) is 4.74 Å². The van der Waals surface area contributed by atoms with Gasteiger partial charge in [-0.05, 0) is 63.8 Å². The van der Waals surface area contributed by atoms with Crippen LogP contribution in [-0.4, -0.2) is 30.8 Å². The Morgan fingerprint density at radius 1 is 1.13 bits per heavy atom. The van der Waals surface area contributed by atoms with Gasteiger partial charge in [-0.2, -0.15) is 0 Å². The Morgan fingerprint density at radius 3 is 2.26 bits per heavy atom. The molecule has 1 amide bonds. The SMILES string of the molecule is CC(C)C(CNC1CCCC1CNC(=O)OC(C)(C)C)C(C)C. The van der Waals surface area contributed by atoms with E-state index >= 15 is 0 Å². The minimum absolute atomic E-state index is 0.301. The molecule has 1 aliphatic carbocycles. The molecule has 0 saturated heterocycles. The number of carbonyl (C=O) groups excluding carboxylic acids is 1. The fourth-order valence-electron chi connectivity index (χ4n) is 3.61. The summed E-state index contributed by atoms with van der Waals surface area (Å²) in [6.45, 7) is 16.7. The van der Waals surface area contributed by atoms with E-state index in [0.717, 1.165) is 6.54 Å². The molecule has 0 aliphatic heterocycles. The molecular formula is C19H38N2O2. The van der Waals surface area contributed by atoms with Gasteiger partial charge in [0.05, 0.1) is 0 Å². The zero-order valence-electron chi connectivity index (χ0n) is 16.2. The highest BCUT2D eigenvalue weighted by Crippen LogP contribution is 2.27. The molecule has 4 nitrogen and oxygen atoms in total. The molecule has 0 aromatic heterocycles. The summed E-state index contributed by atoms with van der Waals surface area (Å²) in [5.41, 5.74) is -0.431. The van der Waals surface area contributed by atoms with Crippen LogP contribution in [0, 0.1) is 23.7 Å². The maximum Gasteiger partial charge on any atom is 0.407 e. The molecule has 1 fully saturated rings. The van der Waals surface area contributed by atoms with Gasteiger partial charge in [0.2, 0.25) is 0 Å². The minimum atomic E-state index is -0.431. The Balaban J connectivity index is 2.40. The first-order chi connectivity index (χ1) is 10.6. The van der Waals surface area contributed by atoms with Gasteiger partial charge in [-0.1, -0.05) is 34.1 Å². The largest absolute Gasteiger partial charge is 0.444 e. The predicted molar refractivity (Wildman–Crippen MR) is 96.5 cm³/mol. The lowest BCUT2D eigenvalue weighted by molar-refractivity contribution is 0.0517. The van der Waals surface area contributed by atoms with Gasteiger partial charge < -0.3 is 15.4 Å². The number of hydrogen-bond donors (Lipinski definition) is 2. The van der Waals surface area contributed by atoms with Crippen molar-refractivity contribution in [2.75, 3.05) is 13.1 Å². The molecule has 0 radical (unpaired) electrons. The number of nitrogens with one attached hydrogen (secondary N) is 2. The zero-order valence-corrected chi connectivity index (χ0v) is 16.2. The average Bonchev–Trinajstić information content (AvgIpc) is 2.81. The third-order valence-electron chi connectivity index (χ3n) is 4.89. The summed E-state index contributed by atoms with van der Waals surface area (Å²) in [4.78, 5) is 11.8. The third-order valence-corrected chi connectivity index (χ3v) is 4.89. The van der Waals surface area contributed by atoms with Crippen molar-refractivity contribution in [3.8, 4) is 0 Å². The maximum atomic E-state index is 11.8. The fraction of sp³-hybridized carbons (Fsp3) is 0.947. The quantitative estimate of drug-likeness (QED) is 0.737. The molecule has 4 heteroatoms. The van der Waals surface area contributed by atoms with E-state index in [1.165, 1.54) is 19.3 Å². The Hall–Kier alpha value is -0.770. The van der Waals surface area contributed by atoms with E-state index in [9.17, 15) is 4.79 Å². The molecule has 1 saturated carbocycles. The summed E-state index contributed by atoms with van der Waals surface area (Å²) in [5, 5.41) is 6.72. The van der Waals surface area contributed by atoms with Gasteiger partial charge in [-0.15, -0.1) is 0 Å². The number of hydrogen-bond acceptors (Lipinski definition) is 3. The predicted octanol–water partition coefficient (Wildman–Crippen LogP) is 4.20. The molecule has 0 bridgehead atoms. The van der Waals surface area contributed by atoms with Crippen LogP contribution in [0.2, 0.25) is 0 Å². The number of amides is 1. The molecule has 2 atom stereocenters. The topological polar surface area (TPSA) is 50.4 Å². The molecule has 136 valence electrons. The molecule has 0 aromatic rings. The average molecular weight is 327 g/mol. The van der Waals surface area contributed by atoms with Crippen molar-refractivity contribution in [3.63, 3.8) is 0 Å². The molecule has 1 aliphatic rings. The summed E-state index contributed by atoms with van der Waals surface area (Å²) in [6.07, 6.45) is 3.34. The third kappa shape index (κ3) is 7.56. The van der Waals surface area contributed by atoms with Crippen LogP contribution in [0.5, 0.6) is 0 Å². The lowest BCUT2D eigenvalue weighted by atomic mass is 9.85. The van der Waals surface area contributed by atoms with E-state index in [1.807, 2.05) is 20.8 Å². The highest BCUT2D eigenvalue weighted by Gasteiger charge is 2.29. The second kappa shape index (κ2) is 8.91. The van der Waals surface area contributed by atoms with Crippen LogP contribution in [0.4, 0.5) is 4.79 Å². The fourth-order valence-corrected chi connectivity index (χ4v) is 3.61. The molecule has 0 aromatic carbocycles.